The molecule has 0 aliphatic rings. The Kier molecular flexibility index (Phi) is 4.14. The molecule has 0 aliphatic heterocycles. The number of rotatable bonds is 4. The van der Waals surface area contributed by atoms with E-state index in [1.165, 1.54) is 0 Å². The van der Waals surface area contributed by atoms with Crippen LogP contribution in [-0.4, -0.2) is 15.1 Å². The van der Waals surface area contributed by atoms with Crippen molar-refractivity contribution in [3.05, 3.63) is 78.1 Å². The van der Waals surface area contributed by atoms with Crippen molar-refractivity contribution in [1.29, 1.82) is 0 Å². The van der Waals surface area contributed by atoms with Gasteiger partial charge in [-0.25, -0.2) is 4.98 Å². The molecule has 4 rings (SSSR count). The first-order chi connectivity index (χ1) is 12.3. The maximum Gasteiger partial charge on any atom is 0.261 e. The summed E-state index contributed by atoms with van der Waals surface area (Å²) in [6.45, 7) is 0. The van der Waals surface area contributed by atoms with Gasteiger partial charge in [0.05, 0.1) is 5.56 Å². The molecular weight excluding hydrogens is 338 g/mol. The van der Waals surface area contributed by atoms with Crippen LogP contribution in [0.5, 0.6) is 11.5 Å². The van der Waals surface area contributed by atoms with Gasteiger partial charge in [-0.2, -0.15) is 4.98 Å². The molecule has 2 aromatic heterocycles. The molecule has 0 saturated carbocycles. The summed E-state index contributed by atoms with van der Waals surface area (Å²) in [4.78, 5) is 8.42. The molecule has 6 heteroatoms. The second-order valence-corrected chi connectivity index (χ2v) is 5.57. The minimum absolute atomic E-state index is 0.318. The fourth-order valence-corrected chi connectivity index (χ4v) is 2.52. The van der Waals surface area contributed by atoms with Crippen molar-refractivity contribution >= 4 is 11.6 Å². The zero-order valence-electron chi connectivity index (χ0n) is 13.0. The van der Waals surface area contributed by atoms with E-state index >= 15 is 0 Å². The van der Waals surface area contributed by atoms with Gasteiger partial charge in [0.1, 0.15) is 16.7 Å². The van der Waals surface area contributed by atoms with E-state index in [0.29, 0.717) is 28.2 Å². The Morgan fingerprint density at radius 3 is 2.56 bits per heavy atom. The molecule has 0 fully saturated rings. The van der Waals surface area contributed by atoms with E-state index in [-0.39, 0.29) is 0 Å². The van der Waals surface area contributed by atoms with Crippen LogP contribution >= 0.6 is 11.6 Å². The Labute approximate surface area is 148 Å². The number of hydrogen-bond donors (Lipinski definition) is 0. The minimum Gasteiger partial charge on any atom is -0.457 e. The summed E-state index contributed by atoms with van der Waals surface area (Å²) in [7, 11) is 0. The Hall–Kier alpha value is -3.18. The molecule has 0 aliphatic carbocycles. The average molecular weight is 350 g/mol. The summed E-state index contributed by atoms with van der Waals surface area (Å²) in [6.07, 6.45) is 1.60. The third-order valence-corrected chi connectivity index (χ3v) is 3.79. The van der Waals surface area contributed by atoms with Crippen molar-refractivity contribution in [1.82, 2.24) is 15.1 Å². The molecule has 0 radical (unpaired) electrons. The molecule has 2 heterocycles. The second-order valence-electron chi connectivity index (χ2n) is 5.21. The Bertz CT molecular complexity index is 1000. The van der Waals surface area contributed by atoms with Gasteiger partial charge in [0.2, 0.25) is 5.82 Å². The lowest BCUT2D eigenvalue weighted by Crippen LogP contribution is -1.86. The summed E-state index contributed by atoms with van der Waals surface area (Å²) >= 11 is 6.07. The van der Waals surface area contributed by atoms with Gasteiger partial charge in [-0.3, -0.25) is 0 Å². The van der Waals surface area contributed by atoms with Crippen molar-refractivity contribution in [2.75, 3.05) is 0 Å². The highest BCUT2D eigenvalue weighted by Crippen LogP contribution is 2.29. The summed E-state index contributed by atoms with van der Waals surface area (Å²) in [5.41, 5.74) is 1.38. The topological polar surface area (TPSA) is 61.0 Å². The van der Waals surface area contributed by atoms with Gasteiger partial charge in [0, 0.05) is 11.8 Å². The van der Waals surface area contributed by atoms with Gasteiger partial charge in [-0.15, -0.1) is 0 Å². The van der Waals surface area contributed by atoms with Crippen LogP contribution in [0.25, 0.3) is 22.8 Å². The zero-order valence-corrected chi connectivity index (χ0v) is 13.7. The van der Waals surface area contributed by atoms with E-state index in [2.05, 4.69) is 15.1 Å². The van der Waals surface area contributed by atoms with E-state index in [0.717, 1.165) is 11.3 Å². The second kappa shape index (κ2) is 6.75. The lowest BCUT2D eigenvalue weighted by molar-refractivity contribution is 0.432. The predicted octanol–water partition coefficient (Wildman–Crippen LogP) is 5.24. The van der Waals surface area contributed by atoms with Crippen molar-refractivity contribution in [3.8, 4) is 34.3 Å². The quantitative estimate of drug-likeness (QED) is 0.471. The van der Waals surface area contributed by atoms with Crippen molar-refractivity contribution in [2.24, 2.45) is 0 Å². The van der Waals surface area contributed by atoms with Crippen LogP contribution in [0.2, 0.25) is 5.15 Å². The number of aromatic nitrogens is 3. The largest absolute Gasteiger partial charge is 0.457 e. The van der Waals surface area contributed by atoms with E-state index in [1.807, 2.05) is 54.6 Å². The standard InChI is InChI=1S/C19H12ClN3O2/c20-17-16(10-5-11-21-17)19-22-18(23-25-19)13-6-4-9-15(12-13)24-14-7-2-1-3-8-14/h1-12H. The normalized spacial score (nSPS) is 10.6. The van der Waals surface area contributed by atoms with Crippen LogP contribution in [0.15, 0.2) is 77.4 Å². The molecular formula is C19H12ClN3O2. The predicted molar refractivity (Wildman–Crippen MR) is 94.5 cm³/mol. The SMILES string of the molecule is Clc1ncccc1-c1nc(-c2cccc(Oc3ccccc3)c2)no1. The first-order valence-corrected chi connectivity index (χ1v) is 7.95. The number of nitrogens with zero attached hydrogens (tertiary/aromatic N) is 3. The van der Waals surface area contributed by atoms with Crippen molar-refractivity contribution < 1.29 is 9.26 Å². The number of halogens is 1. The summed E-state index contributed by atoms with van der Waals surface area (Å²) in [5.74, 6) is 2.22. The molecule has 0 N–H and O–H groups in total. The third kappa shape index (κ3) is 3.36. The highest BCUT2D eigenvalue weighted by atomic mass is 35.5. The molecule has 0 bridgehead atoms. The van der Waals surface area contributed by atoms with Crippen LogP contribution in [0.4, 0.5) is 0 Å². The first-order valence-electron chi connectivity index (χ1n) is 7.57. The number of ether oxygens (including phenoxy) is 1. The number of para-hydroxylation sites is 1. The highest BCUT2D eigenvalue weighted by molar-refractivity contribution is 6.31. The van der Waals surface area contributed by atoms with Gasteiger partial charge in [-0.1, -0.05) is 47.1 Å². The third-order valence-electron chi connectivity index (χ3n) is 3.49. The number of pyridine rings is 1. The van der Waals surface area contributed by atoms with Crippen LogP contribution in [-0.2, 0) is 0 Å². The Balaban J connectivity index is 1.63. The lowest BCUT2D eigenvalue weighted by atomic mass is 10.2. The lowest BCUT2D eigenvalue weighted by Gasteiger charge is -2.05. The molecule has 0 saturated heterocycles. The molecule has 2 aromatic carbocycles. The van der Waals surface area contributed by atoms with E-state index in [4.69, 9.17) is 20.9 Å². The van der Waals surface area contributed by atoms with Gasteiger partial charge in [-0.05, 0) is 36.4 Å². The molecule has 25 heavy (non-hydrogen) atoms. The van der Waals surface area contributed by atoms with Gasteiger partial charge < -0.3 is 9.26 Å². The van der Waals surface area contributed by atoms with Crippen LogP contribution in [0, 0.1) is 0 Å². The van der Waals surface area contributed by atoms with Crippen LogP contribution in [0.1, 0.15) is 0 Å². The smallest absolute Gasteiger partial charge is 0.261 e. The first kappa shape index (κ1) is 15.4. The van der Waals surface area contributed by atoms with Gasteiger partial charge in [0.25, 0.3) is 5.89 Å². The Morgan fingerprint density at radius 1 is 0.880 bits per heavy atom. The monoisotopic (exact) mass is 349 g/mol. The number of benzene rings is 2. The summed E-state index contributed by atoms with van der Waals surface area (Å²) in [6, 6.07) is 20.6. The van der Waals surface area contributed by atoms with Crippen LogP contribution in [0.3, 0.4) is 0 Å². The fourth-order valence-electron chi connectivity index (χ4n) is 2.32. The summed E-state index contributed by atoms with van der Waals surface area (Å²) < 4.78 is 11.2. The molecule has 4 aromatic rings. The maximum atomic E-state index is 6.07. The van der Waals surface area contributed by atoms with E-state index in [9.17, 15) is 0 Å². The van der Waals surface area contributed by atoms with Crippen LogP contribution < -0.4 is 4.74 Å². The summed E-state index contributed by atoms with van der Waals surface area (Å²) in [5, 5.41) is 4.34. The Morgan fingerprint density at radius 2 is 1.72 bits per heavy atom. The maximum absolute atomic E-state index is 6.07. The van der Waals surface area contributed by atoms with E-state index < -0.39 is 0 Å². The average Bonchev–Trinajstić information content (AvgIpc) is 3.13. The molecule has 0 amide bonds. The van der Waals surface area contributed by atoms with Gasteiger partial charge >= 0.3 is 0 Å². The van der Waals surface area contributed by atoms with Gasteiger partial charge in [0.15, 0.2) is 0 Å². The van der Waals surface area contributed by atoms with E-state index in [1.54, 1.807) is 18.3 Å². The minimum atomic E-state index is 0.318. The molecule has 5 nitrogen and oxygen atoms in total. The van der Waals surface area contributed by atoms with Crippen molar-refractivity contribution in [3.63, 3.8) is 0 Å². The number of hydrogen-bond acceptors (Lipinski definition) is 5. The molecule has 122 valence electrons. The highest BCUT2D eigenvalue weighted by Gasteiger charge is 2.14. The fraction of sp³-hybridized carbons (Fsp3) is 0. The molecule has 0 unspecified atom stereocenters. The molecule has 0 atom stereocenters. The molecule has 0 spiro atoms. The van der Waals surface area contributed by atoms with Crippen molar-refractivity contribution in [2.45, 2.75) is 0 Å². The zero-order chi connectivity index (χ0) is 17.1.